The van der Waals surface area contributed by atoms with E-state index < -0.39 is 6.04 Å². The molecule has 1 aromatic carbocycles. The molecular weight excluding hydrogens is 294 g/mol. The van der Waals surface area contributed by atoms with Crippen molar-refractivity contribution in [2.45, 2.75) is 46.6 Å². The van der Waals surface area contributed by atoms with Gasteiger partial charge in [0.05, 0.1) is 18.1 Å². The molecule has 1 aromatic heterocycles. The van der Waals surface area contributed by atoms with E-state index in [9.17, 15) is 9.59 Å². The Bertz CT molecular complexity index is 664. The van der Waals surface area contributed by atoms with Crippen molar-refractivity contribution in [3.8, 4) is 6.01 Å². The number of imide groups is 1. The summed E-state index contributed by atoms with van der Waals surface area (Å²) in [6.07, 6.45) is 0.785. The van der Waals surface area contributed by atoms with Crippen LogP contribution in [0.3, 0.4) is 0 Å². The smallest absolute Gasteiger partial charge is 0.297 e. The molecule has 1 atom stereocenters. The lowest BCUT2D eigenvalue weighted by atomic mass is 10.1. The number of hydrogen-bond acceptors (Lipinski definition) is 4. The lowest BCUT2D eigenvalue weighted by Gasteiger charge is -2.23. The Morgan fingerprint density at radius 1 is 1.17 bits per heavy atom. The number of carbonyl (C=O) groups excluding carboxylic acids is 2. The standard InChI is InChI=1S/C13H13N3O3.2C2H6/c1-19-13-14-8-4-2-3-5-9(8)16(13)10-6-7-11(17)15-12(10)18;2*1-2/h2-5,10H,6-7H2,1H3,(H,15,17,18);2*1-2H3. The second kappa shape index (κ2) is 8.92. The number of carbonyl (C=O) groups is 2. The summed E-state index contributed by atoms with van der Waals surface area (Å²) in [5.74, 6) is -0.539. The maximum atomic E-state index is 12.0. The van der Waals surface area contributed by atoms with E-state index in [1.54, 1.807) is 4.57 Å². The minimum atomic E-state index is -0.458. The first-order valence-corrected chi connectivity index (χ1v) is 8.05. The topological polar surface area (TPSA) is 73.2 Å². The van der Waals surface area contributed by atoms with Gasteiger partial charge in [0, 0.05) is 6.42 Å². The van der Waals surface area contributed by atoms with Crippen LogP contribution in [-0.2, 0) is 9.59 Å². The number of piperidine rings is 1. The Labute approximate surface area is 136 Å². The number of fused-ring (bicyclic) bond motifs is 1. The summed E-state index contributed by atoms with van der Waals surface area (Å²) in [6.45, 7) is 8.00. The zero-order chi connectivity index (χ0) is 17.4. The van der Waals surface area contributed by atoms with Gasteiger partial charge in [-0.2, -0.15) is 4.98 Å². The summed E-state index contributed by atoms with van der Waals surface area (Å²) in [4.78, 5) is 27.5. The molecule has 23 heavy (non-hydrogen) atoms. The molecule has 1 unspecified atom stereocenters. The Morgan fingerprint density at radius 3 is 2.43 bits per heavy atom. The third kappa shape index (κ3) is 3.88. The predicted octanol–water partition coefficient (Wildman–Crippen LogP) is 3.08. The van der Waals surface area contributed by atoms with E-state index in [2.05, 4.69) is 10.3 Å². The first-order chi connectivity index (χ1) is 11.2. The fraction of sp³-hybridized carbons (Fsp3) is 0.471. The normalized spacial score (nSPS) is 16.7. The van der Waals surface area contributed by atoms with Crippen LogP contribution in [0.15, 0.2) is 24.3 Å². The molecule has 1 fully saturated rings. The third-order valence-electron chi connectivity index (χ3n) is 3.27. The van der Waals surface area contributed by atoms with E-state index in [-0.39, 0.29) is 11.8 Å². The zero-order valence-electron chi connectivity index (χ0n) is 14.4. The molecular formula is C17H25N3O3. The van der Waals surface area contributed by atoms with Gasteiger partial charge < -0.3 is 4.74 Å². The van der Waals surface area contributed by atoms with Crippen molar-refractivity contribution in [2.75, 3.05) is 7.11 Å². The monoisotopic (exact) mass is 319 g/mol. The highest BCUT2D eigenvalue weighted by Gasteiger charge is 2.31. The molecule has 2 amide bonds. The van der Waals surface area contributed by atoms with Crippen LogP contribution in [0, 0.1) is 0 Å². The SMILES string of the molecule is CC.CC.COc1nc2ccccc2n1C1CCC(=O)NC1=O. The molecule has 0 bridgehead atoms. The highest BCUT2D eigenvalue weighted by atomic mass is 16.5. The summed E-state index contributed by atoms with van der Waals surface area (Å²) >= 11 is 0. The average Bonchev–Trinajstić information content (AvgIpc) is 2.97. The summed E-state index contributed by atoms with van der Waals surface area (Å²) in [5.41, 5.74) is 1.60. The lowest BCUT2D eigenvalue weighted by Crippen LogP contribution is -2.41. The van der Waals surface area contributed by atoms with E-state index in [0.717, 1.165) is 11.0 Å². The number of methoxy groups -OCH3 is 1. The maximum absolute atomic E-state index is 12.0. The van der Waals surface area contributed by atoms with Gasteiger partial charge >= 0.3 is 0 Å². The molecule has 126 valence electrons. The zero-order valence-corrected chi connectivity index (χ0v) is 14.4. The van der Waals surface area contributed by atoms with Gasteiger partial charge in [-0.25, -0.2) is 0 Å². The van der Waals surface area contributed by atoms with Crippen LogP contribution in [-0.4, -0.2) is 28.5 Å². The van der Waals surface area contributed by atoms with Crippen LogP contribution >= 0.6 is 0 Å². The van der Waals surface area contributed by atoms with Crippen LogP contribution < -0.4 is 10.1 Å². The van der Waals surface area contributed by atoms with E-state index in [4.69, 9.17) is 4.74 Å². The molecule has 1 saturated heterocycles. The molecule has 1 aliphatic heterocycles. The molecule has 0 aliphatic carbocycles. The molecule has 1 aliphatic rings. The van der Waals surface area contributed by atoms with E-state index >= 15 is 0 Å². The molecule has 6 heteroatoms. The van der Waals surface area contributed by atoms with Gasteiger partial charge in [-0.15, -0.1) is 0 Å². The molecule has 0 radical (unpaired) electrons. The highest BCUT2D eigenvalue weighted by molar-refractivity contribution is 6.00. The second-order valence-corrected chi connectivity index (χ2v) is 4.42. The molecule has 6 nitrogen and oxygen atoms in total. The van der Waals surface area contributed by atoms with Gasteiger partial charge in [0.25, 0.3) is 6.01 Å². The van der Waals surface area contributed by atoms with Gasteiger partial charge in [0.15, 0.2) is 0 Å². The summed E-state index contributed by atoms with van der Waals surface area (Å²) in [5, 5.41) is 2.35. The number of hydrogen-bond donors (Lipinski definition) is 1. The van der Waals surface area contributed by atoms with Crippen LogP contribution in [0.4, 0.5) is 0 Å². The number of amides is 2. The van der Waals surface area contributed by atoms with Crippen LogP contribution in [0.2, 0.25) is 0 Å². The summed E-state index contributed by atoms with van der Waals surface area (Å²) < 4.78 is 6.99. The molecule has 2 heterocycles. The number of rotatable bonds is 2. The van der Waals surface area contributed by atoms with E-state index in [0.29, 0.717) is 18.9 Å². The van der Waals surface area contributed by atoms with Crippen molar-refractivity contribution in [2.24, 2.45) is 0 Å². The number of nitrogens with zero attached hydrogens (tertiary/aromatic N) is 2. The number of imidazole rings is 1. The Morgan fingerprint density at radius 2 is 1.83 bits per heavy atom. The first-order valence-electron chi connectivity index (χ1n) is 8.05. The summed E-state index contributed by atoms with van der Waals surface area (Å²) in [6, 6.07) is 7.43. The number of para-hydroxylation sites is 2. The van der Waals surface area contributed by atoms with Crippen molar-refractivity contribution in [3.05, 3.63) is 24.3 Å². The number of nitrogens with one attached hydrogen (secondary N) is 1. The number of ether oxygens (including phenoxy) is 1. The van der Waals surface area contributed by atoms with Crippen LogP contribution in [0.25, 0.3) is 11.0 Å². The Balaban J connectivity index is 0.000000615. The van der Waals surface area contributed by atoms with E-state index in [1.165, 1.54) is 7.11 Å². The minimum absolute atomic E-state index is 0.232. The Hall–Kier alpha value is -2.37. The number of benzene rings is 1. The van der Waals surface area contributed by atoms with Gasteiger partial charge in [-0.3, -0.25) is 19.5 Å². The Kier molecular flexibility index (Phi) is 7.25. The van der Waals surface area contributed by atoms with Crippen molar-refractivity contribution in [1.29, 1.82) is 0 Å². The van der Waals surface area contributed by atoms with Crippen molar-refractivity contribution in [3.63, 3.8) is 0 Å². The van der Waals surface area contributed by atoms with Crippen LogP contribution in [0.5, 0.6) is 6.01 Å². The largest absolute Gasteiger partial charge is 0.468 e. The molecule has 0 spiro atoms. The molecule has 0 saturated carbocycles. The third-order valence-corrected chi connectivity index (χ3v) is 3.27. The van der Waals surface area contributed by atoms with Gasteiger partial charge in [-0.05, 0) is 18.6 Å². The maximum Gasteiger partial charge on any atom is 0.297 e. The van der Waals surface area contributed by atoms with Gasteiger partial charge in [0.1, 0.15) is 6.04 Å². The fourth-order valence-corrected chi connectivity index (χ4v) is 2.40. The molecule has 2 aromatic rings. The van der Waals surface area contributed by atoms with Gasteiger partial charge in [0.2, 0.25) is 11.8 Å². The van der Waals surface area contributed by atoms with Crippen molar-refractivity contribution < 1.29 is 14.3 Å². The van der Waals surface area contributed by atoms with Crippen molar-refractivity contribution in [1.82, 2.24) is 14.9 Å². The second-order valence-electron chi connectivity index (χ2n) is 4.42. The summed E-state index contributed by atoms with van der Waals surface area (Å²) in [7, 11) is 1.52. The number of aromatic nitrogens is 2. The lowest BCUT2D eigenvalue weighted by molar-refractivity contribution is -0.135. The average molecular weight is 319 g/mol. The quantitative estimate of drug-likeness (QED) is 0.863. The van der Waals surface area contributed by atoms with Gasteiger partial charge in [-0.1, -0.05) is 39.8 Å². The highest BCUT2D eigenvalue weighted by Crippen LogP contribution is 2.29. The van der Waals surface area contributed by atoms with Crippen molar-refractivity contribution >= 4 is 22.8 Å². The molecule has 3 rings (SSSR count). The predicted molar refractivity (Wildman–Crippen MR) is 90.4 cm³/mol. The molecule has 1 N–H and O–H groups in total. The minimum Gasteiger partial charge on any atom is -0.468 e. The van der Waals surface area contributed by atoms with Crippen LogP contribution in [0.1, 0.15) is 46.6 Å². The fourth-order valence-electron chi connectivity index (χ4n) is 2.40. The van der Waals surface area contributed by atoms with E-state index in [1.807, 2.05) is 52.0 Å². The first kappa shape index (κ1) is 18.7.